The Kier molecular flexibility index (Phi) is 3.54. The zero-order chi connectivity index (χ0) is 15.1. The Bertz CT molecular complexity index is 624. The summed E-state index contributed by atoms with van der Waals surface area (Å²) < 4.78 is 38.9. The Hall–Kier alpha value is -1.55. The van der Waals surface area contributed by atoms with Crippen LogP contribution in [0, 0.1) is 0 Å². The lowest BCUT2D eigenvalue weighted by Crippen LogP contribution is -2.31. The van der Waals surface area contributed by atoms with E-state index in [0.717, 1.165) is 10.8 Å². The van der Waals surface area contributed by atoms with Crippen LogP contribution in [0.4, 0.5) is 13.2 Å². The van der Waals surface area contributed by atoms with Gasteiger partial charge in [-0.15, -0.1) is 0 Å². The van der Waals surface area contributed by atoms with E-state index >= 15 is 0 Å². The first-order chi connectivity index (χ1) is 9.10. The van der Waals surface area contributed by atoms with Crippen LogP contribution in [0.25, 0.3) is 10.8 Å². The van der Waals surface area contributed by atoms with Gasteiger partial charge in [-0.25, -0.2) is 0 Å². The quantitative estimate of drug-likeness (QED) is 0.805. The minimum atomic E-state index is -4.44. The molecule has 2 aromatic rings. The molecule has 2 N–H and O–H groups in total. The molecule has 0 aliphatic carbocycles. The van der Waals surface area contributed by atoms with Crippen molar-refractivity contribution in [3.63, 3.8) is 0 Å². The first kappa shape index (κ1) is 14.9. The van der Waals surface area contributed by atoms with E-state index in [0.29, 0.717) is 5.56 Å². The summed E-state index contributed by atoms with van der Waals surface area (Å²) >= 11 is 0. The number of benzene rings is 2. The number of rotatable bonds is 1. The molecule has 0 aliphatic heterocycles. The van der Waals surface area contributed by atoms with Crippen molar-refractivity contribution in [1.29, 1.82) is 0 Å². The Morgan fingerprint density at radius 1 is 0.950 bits per heavy atom. The summed E-state index contributed by atoms with van der Waals surface area (Å²) in [4.78, 5) is 0. The minimum Gasteiger partial charge on any atom is -0.316 e. The third-order valence-electron chi connectivity index (χ3n) is 3.41. The summed E-state index contributed by atoms with van der Waals surface area (Å²) in [5.74, 6) is 0. The van der Waals surface area contributed by atoms with Crippen LogP contribution >= 0.6 is 0 Å². The molecule has 0 saturated heterocycles. The Balaban J connectivity index is 2.73. The Morgan fingerprint density at radius 3 is 1.90 bits per heavy atom. The minimum absolute atomic E-state index is 0.156. The second kappa shape index (κ2) is 4.77. The van der Waals surface area contributed by atoms with Crippen molar-refractivity contribution in [2.75, 3.05) is 0 Å². The molecule has 20 heavy (non-hydrogen) atoms. The van der Waals surface area contributed by atoms with Crippen LogP contribution in [0.5, 0.6) is 0 Å². The van der Waals surface area contributed by atoms with Gasteiger partial charge in [-0.05, 0) is 33.4 Å². The fraction of sp³-hybridized carbons (Fsp3) is 0.375. The fourth-order valence-electron chi connectivity index (χ4n) is 2.34. The normalized spacial score (nSPS) is 14.6. The van der Waals surface area contributed by atoms with Gasteiger partial charge in [0.2, 0.25) is 0 Å². The standard InChI is InChI=1S/C16H18F3N/c1-15(2,3)13-9-11-7-5-4-6-10(11)8-12(13)14(20)16(17,18)19/h4-9,14H,20H2,1-3H3/t14-/m0/s1. The molecule has 1 nitrogen and oxygen atoms in total. The zero-order valence-electron chi connectivity index (χ0n) is 11.8. The number of fused-ring (bicyclic) bond motifs is 1. The SMILES string of the molecule is CC(C)(C)c1cc2ccccc2cc1[C@H](N)C(F)(F)F. The highest BCUT2D eigenvalue weighted by molar-refractivity contribution is 5.84. The predicted molar refractivity (Wildman–Crippen MR) is 75.6 cm³/mol. The van der Waals surface area contributed by atoms with E-state index in [2.05, 4.69) is 0 Å². The number of hydrogen-bond donors (Lipinski definition) is 1. The number of hydrogen-bond acceptors (Lipinski definition) is 1. The molecule has 0 heterocycles. The van der Waals surface area contributed by atoms with Crippen molar-refractivity contribution in [1.82, 2.24) is 0 Å². The largest absolute Gasteiger partial charge is 0.407 e. The van der Waals surface area contributed by atoms with Crippen molar-refractivity contribution in [2.24, 2.45) is 5.73 Å². The summed E-state index contributed by atoms with van der Waals surface area (Å²) in [6.07, 6.45) is -4.44. The van der Waals surface area contributed by atoms with Crippen LogP contribution in [-0.4, -0.2) is 6.18 Å². The third kappa shape index (κ3) is 2.80. The summed E-state index contributed by atoms with van der Waals surface area (Å²) in [5.41, 5.74) is 5.83. The lowest BCUT2D eigenvalue weighted by molar-refractivity contribution is -0.149. The van der Waals surface area contributed by atoms with E-state index < -0.39 is 17.6 Å². The molecule has 0 saturated carbocycles. The lowest BCUT2D eigenvalue weighted by Gasteiger charge is -2.27. The maximum atomic E-state index is 13.0. The highest BCUT2D eigenvalue weighted by atomic mass is 19.4. The van der Waals surface area contributed by atoms with Crippen LogP contribution < -0.4 is 5.73 Å². The fourth-order valence-corrected chi connectivity index (χ4v) is 2.34. The monoisotopic (exact) mass is 281 g/mol. The summed E-state index contributed by atoms with van der Waals surface area (Å²) in [7, 11) is 0. The molecule has 0 bridgehead atoms. The second-order valence-corrected chi connectivity index (χ2v) is 6.06. The van der Waals surface area contributed by atoms with Crippen LogP contribution in [-0.2, 0) is 5.41 Å². The van der Waals surface area contributed by atoms with Gasteiger partial charge in [-0.3, -0.25) is 0 Å². The van der Waals surface area contributed by atoms with Crippen LogP contribution in [0.2, 0.25) is 0 Å². The third-order valence-corrected chi connectivity index (χ3v) is 3.41. The van der Waals surface area contributed by atoms with Gasteiger partial charge >= 0.3 is 6.18 Å². The number of halogens is 3. The molecule has 108 valence electrons. The van der Waals surface area contributed by atoms with E-state index in [-0.39, 0.29) is 5.56 Å². The topological polar surface area (TPSA) is 26.0 Å². The molecule has 0 radical (unpaired) electrons. The van der Waals surface area contributed by atoms with E-state index in [4.69, 9.17) is 5.73 Å². The molecule has 2 rings (SSSR count). The summed E-state index contributed by atoms with van der Waals surface area (Å²) in [5, 5.41) is 1.70. The maximum absolute atomic E-state index is 13.0. The van der Waals surface area contributed by atoms with Crippen molar-refractivity contribution < 1.29 is 13.2 Å². The van der Waals surface area contributed by atoms with Crippen LogP contribution in [0.1, 0.15) is 37.9 Å². The molecule has 0 fully saturated rings. The number of alkyl halides is 3. The molecule has 0 amide bonds. The molecule has 0 unspecified atom stereocenters. The molecule has 2 aromatic carbocycles. The molecule has 0 aliphatic rings. The van der Waals surface area contributed by atoms with E-state index in [1.807, 2.05) is 45.0 Å². The van der Waals surface area contributed by atoms with Gasteiger partial charge in [0.25, 0.3) is 0 Å². The number of nitrogens with two attached hydrogens (primary N) is 1. The highest BCUT2D eigenvalue weighted by Crippen LogP contribution is 2.38. The van der Waals surface area contributed by atoms with Gasteiger partial charge in [-0.2, -0.15) is 13.2 Å². The molecule has 4 heteroatoms. The van der Waals surface area contributed by atoms with Gasteiger partial charge in [0.05, 0.1) is 0 Å². The average Bonchev–Trinajstić information content (AvgIpc) is 2.34. The van der Waals surface area contributed by atoms with Crippen LogP contribution in [0.3, 0.4) is 0 Å². The Morgan fingerprint density at radius 2 is 1.45 bits per heavy atom. The first-order valence-corrected chi connectivity index (χ1v) is 6.46. The maximum Gasteiger partial charge on any atom is 0.407 e. The van der Waals surface area contributed by atoms with E-state index in [1.54, 1.807) is 12.1 Å². The smallest absolute Gasteiger partial charge is 0.316 e. The molecule has 0 aromatic heterocycles. The zero-order valence-corrected chi connectivity index (χ0v) is 11.8. The molecular formula is C16H18F3N. The molecule has 1 atom stereocenters. The van der Waals surface area contributed by atoms with Crippen molar-refractivity contribution in [2.45, 2.75) is 38.4 Å². The first-order valence-electron chi connectivity index (χ1n) is 6.46. The van der Waals surface area contributed by atoms with Gasteiger partial charge < -0.3 is 5.73 Å². The summed E-state index contributed by atoms with van der Waals surface area (Å²) in [6, 6.07) is 8.80. The van der Waals surface area contributed by atoms with Crippen LogP contribution in [0.15, 0.2) is 36.4 Å². The Labute approximate surface area is 116 Å². The molecule has 0 spiro atoms. The van der Waals surface area contributed by atoms with E-state index in [9.17, 15) is 13.2 Å². The van der Waals surface area contributed by atoms with Gasteiger partial charge in [0, 0.05) is 0 Å². The molecular weight excluding hydrogens is 263 g/mol. The second-order valence-electron chi connectivity index (χ2n) is 6.06. The van der Waals surface area contributed by atoms with Gasteiger partial charge in [-0.1, -0.05) is 51.1 Å². The van der Waals surface area contributed by atoms with E-state index in [1.165, 1.54) is 0 Å². The predicted octanol–water partition coefficient (Wildman–Crippen LogP) is 4.70. The summed E-state index contributed by atoms with van der Waals surface area (Å²) in [6.45, 7) is 5.68. The lowest BCUT2D eigenvalue weighted by atomic mass is 9.80. The van der Waals surface area contributed by atoms with Gasteiger partial charge in [0.15, 0.2) is 0 Å². The van der Waals surface area contributed by atoms with Crippen molar-refractivity contribution in [3.05, 3.63) is 47.5 Å². The van der Waals surface area contributed by atoms with Crippen molar-refractivity contribution in [3.8, 4) is 0 Å². The van der Waals surface area contributed by atoms with Crippen molar-refractivity contribution >= 4 is 10.8 Å². The average molecular weight is 281 g/mol. The van der Waals surface area contributed by atoms with Gasteiger partial charge in [0.1, 0.15) is 6.04 Å². The highest BCUT2D eigenvalue weighted by Gasteiger charge is 2.40.